The van der Waals surface area contributed by atoms with E-state index in [2.05, 4.69) is 9.88 Å². The number of piperazine rings is 1. The summed E-state index contributed by atoms with van der Waals surface area (Å²) in [7, 11) is 0. The van der Waals surface area contributed by atoms with E-state index in [-0.39, 0.29) is 12.4 Å². The van der Waals surface area contributed by atoms with Gasteiger partial charge in [0.1, 0.15) is 17.9 Å². The first kappa shape index (κ1) is 19.8. The van der Waals surface area contributed by atoms with E-state index in [0.717, 1.165) is 22.2 Å². The molecule has 2 aromatic carbocycles. The summed E-state index contributed by atoms with van der Waals surface area (Å²) < 4.78 is 30.3. The molecule has 8 nitrogen and oxygen atoms in total. The van der Waals surface area contributed by atoms with E-state index in [9.17, 15) is 14.0 Å². The highest BCUT2D eigenvalue weighted by molar-refractivity contribution is 6.31. The number of aromatic amines is 1. The number of carbonyl (C=O) groups excluding carboxylic acids is 2. The Morgan fingerprint density at radius 1 is 1.03 bits per heavy atom. The van der Waals surface area contributed by atoms with Gasteiger partial charge in [-0.05, 0) is 48.4 Å². The number of nitrogens with one attached hydrogen (secondary N) is 1. The average Bonchev–Trinajstić information content (AvgIpc) is 3.51. The summed E-state index contributed by atoms with van der Waals surface area (Å²) in [5.74, 6) is -3.86. The number of esters is 2. The lowest BCUT2D eigenvalue weighted by Gasteiger charge is -2.45. The number of H-pyrrole nitrogens is 1. The number of furan rings is 1. The van der Waals surface area contributed by atoms with E-state index in [1.165, 1.54) is 12.1 Å². The Kier molecular flexibility index (Phi) is 4.41. The topological polar surface area (TPSA) is 88.0 Å². The lowest BCUT2D eigenvalue weighted by Crippen LogP contribution is -2.64. The number of nitrogens with zero attached hydrogens (tertiary/aromatic N) is 2. The Hall–Kier alpha value is -3.85. The van der Waals surface area contributed by atoms with Crippen LogP contribution < -0.4 is 4.90 Å². The van der Waals surface area contributed by atoms with Crippen molar-refractivity contribution in [3.8, 4) is 0 Å². The molecule has 0 bridgehead atoms. The van der Waals surface area contributed by atoms with Crippen LogP contribution in [0.1, 0.15) is 5.56 Å². The predicted octanol–water partition coefficient (Wildman–Crippen LogP) is 3.17. The summed E-state index contributed by atoms with van der Waals surface area (Å²) in [6, 6.07) is 12.3. The van der Waals surface area contributed by atoms with Crippen LogP contribution in [0.15, 0.2) is 59.3 Å². The van der Waals surface area contributed by atoms with E-state index < -0.39 is 17.8 Å². The molecule has 0 aliphatic carbocycles. The Labute approximate surface area is 187 Å². The van der Waals surface area contributed by atoms with E-state index >= 15 is 0 Å². The molecular formula is C24H20FN3O5. The number of hydrogen-bond donors (Lipinski definition) is 1. The second-order valence-corrected chi connectivity index (χ2v) is 8.27. The second kappa shape index (κ2) is 7.35. The fourth-order valence-electron chi connectivity index (χ4n) is 4.75. The van der Waals surface area contributed by atoms with Crippen molar-refractivity contribution < 1.29 is 27.9 Å². The third kappa shape index (κ3) is 3.23. The number of anilines is 1. The number of halogens is 1. The minimum absolute atomic E-state index is 0.176. The van der Waals surface area contributed by atoms with Crippen molar-refractivity contribution in [2.75, 3.05) is 31.1 Å². The Bertz CT molecular complexity index is 1380. The van der Waals surface area contributed by atoms with Gasteiger partial charge in [-0.2, -0.15) is 0 Å². The Morgan fingerprint density at radius 2 is 1.88 bits per heavy atom. The van der Waals surface area contributed by atoms with Crippen molar-refractivity contribution in [2.45, 2.75) is 12.3 Å². The summed E-state index contributed by atoms with van der Waals surface area (Å²) in [5, 5.41) is 1.73. The molecule has 1 N–H and O–H groups in total. The predicted molar refractivity (Wildman–Crippen MR) is 117 cm³/mol. The number of rotatable bonds is 4. The maximum atomic E-state index is 13.7. The van der Waals surface area contributed by atoms with Crippen LogP contribution in [-0.2, 0) is 25.5 Å². The van der Waals surface area contributed by atoms with Crippen molar-refractivity contribution in [3.05, 3.63) is 66.3 Å². The van der Waals surface area contributed by atoms with Gasteiger partial charge in [0.15, 0.2) is 0 Å². The maximum absolute atomic E-state index is 13.7. The van der Waals surface area contributed by atoms with Crippen LogP contribution in [0, 0.1) is 5.82 Å². The van der Waals surface area contributed by atoms with Crippen molar-refractivity contribution in [3.63, 3.8) is 0 Å². The SMILES string of the molecule is O=C1OC2(CN(c3cccc4[nH]ccc34)CCN2CCc2coc3ccc(F)cc23)OC1=O. The van der Waals surface area contributed by atoms with Gasteiger partial charge in [-0.3, -0.25) is 0 Å². The number of hydrogen-bond acceptors (Lipinski definition) is 7. The monoisotopic (exact) mass is 449 g/mol. The molecule has 0 saturated carbocycles. The molecule has 1 spiro atoms. The molecule has 2 aromatic heterocycles. The molecule has 2 aliphatic rings. The molecule has 0 radical (unpaired) electrons. The maximum Gasteiger partial charge on any atom is 0.421 e. The minimum Gasteiger partial charge on any atom is -0.464 e. The van der Waals surface area contributed by atoms with Gasteiger partial charge in [-0.25, -0.2) is 18.9 Å². The molecule has 0 amide bonds. The number of fused-ring (bicyclic) bond motifs is 2. The zero-order valence-corrected chi connectivity index (χ0v) is 17.5. The zero-order valence-electron chi connectivity index (χ0n) is 17.5. The fourth-order valence-corrected chi connectivity index (χ4v) is 4.75. The van der Waals surface area contributed by atoms with Gasteiger partial charge in [0.2, 0.25) is 0 Å². The lowest BCUT2D eigenvalue weighted by molar-refractivity contribution is -0.250. The molecule has 2 fully saturated rings. The third-order valence-corrected chi connectivity index (χ3v) is 6.36. The molecule has 168 valence electrons. The van der Waals surface area contributed by atoms with Gasteiger partial charge in [-0.1, -0.05) is 6.07 Å². The van der Waals surface area contributed by atoms with Gasteiger partial charge in [-0.15, -0.1) is 0 Å². The highest BCUT2D eigenvalue weighted by atomic mass is 19.1. The number of aromatic nitrogens is 1. The summed E-state index contributed by atoms with van der Waals surface area (Å²) >= 11 is 0. The third-order valence-electron chi connectivity index (χ3n) is 6.36. The fraction of sp³-hybridized carbons (Fsp3) is 0.250. The van der Waals surface area contributed by atoms with Crippen LogP contribution in [0.2, 0.25) is 0 Å². The molecule has 4 heterocycles. The second-order valence-electron chi connectivity index (χ2n) is 8.27. The average molecular weight is 449 g/mol. The molecule has 2 saturated heterocycles. The standard InChI is InChI=1S/C24H20FN3O5/c25-16-4-5-21-18(12-16)15(13-31-21)7-9-28-11-10-27(14-24(28)32-22(29)23(30)33-24)20-3-1-2-19-17(20)6-8-26-19/h1-6,8,12-13,26H,7,9-11,14H2. The normalized spacial score (nSPS) is 18.4. The summed E-state index contributed by atoms with van der Waals surface area (Å²) in [4.78, 5) is 31.2. The van der Waals surface area contributed by atoms with Crippen LogP contribution in [0.3, 0.4) is 0 Å². The summed E-state index contributed by atoms with van der Waals surface area (Å²) in [5.41, 5.74) is 3.38. The van der Waals surface area contributed by atoms with Crippen LogP contribution in [-0.4, -0.2) is 53.9 Å². The molecule has 9 heteroatoms. The summed E-state index contributed by atoms with van der Waals surface area (Å²) in [6.45, 7) is 1.73. The van der Waals surface area contributed by atoms with Crippen molar-refractivity contribution in [2.24, 2.45) is 0 Å². The van der Waals surface area contributed by atoms with Crippen LogP contribution in [0.5, 0.6) is 0 Å². The van der Waals surface area contributed by atoms with E-state index in [4.69, 9.17) is 13.9 Å². The highest BCUT2D eigenvalue weighted by Crippen LogP contribution is 2.35. The van der Waals surface area contributed by atoms with Gasteiger partial charge in [0.05, 0.1) is 6.26 Å². The van der Waals surface area contributed by atoms with Gasteiger partial charge < -0.3 is 23.8 Å². The zero-order chi connectivity index (χ0) is 22.6. The quantitative estimate of drug-likeness (QED) is 0.378. The molecule has 33 heavy (non-hydrogen) atoms. The highest BCUT2D eigenvalue weighted by Gasteiger charge is 2.56. The smallest absolute Gasteiger partial charge is 0.421 e. The molecule has 0 unspecified atom stereocenters. The number of ether oxygens (including phenoxy) is 2. The summed E-state index contributed by atoms with van der Waals surface area (Å²) in [6.07, 6.45) is 3.97. The van der Waals surface area contributed by atoms with E-state index in [0.29, 0.717) is 37.0 Å². The van der Waals surface area contributed by atoms with Crippen molar-refractivity contribution in [1.29, 1.82) is 0 Å². The molecule has 4 aromatic rings. The van der Waals surface area contributed by atoms with Gasteiger partial charge in [0.25, 0.3) is 0 Å². The minimum atomic E-state index is -1.52. The van der Waals surface area contributed by atoms with Crippen molar-refractivity contribution in [1.82, 2.24) is 9.88 Å². The molecule has 0 atom stereocenters. The first-order valence-electron chi connectivity index (χ1n) is 10.7. The number of carbonyl (C=O) groups is 2. The van der Waals surface area contributed by atoms with E-state index in [1.54, 1.807) is 12.3 Å². The Balaban J connectivity index is 1.29. The van der Waals surface area contributed by atoms with Crippen LogP contribution >= 0.6 is 0 Å². The Morgan fingerprint density at radius 3 is 2.73 bits per heavy atom. The molecule has 2 aliphatic heterocycles. The van der Waals surface area contributed by atoms with E-state index in [1.807, 2.05) is 35.4 Å². The lowest BCUT2D eigenvalue weighted by atomic mass is 10.1. The largest absolute Gasteiger partial charge is 0.464 e. The van der Waals surface area contributed by atoms with Gasteiger partial charge >= 0.3 is 17.8 Å². The number of benzene rings is 2. The molecule has 6 rings (SSSR count). The van der Waals surface area contributed by atoms with Crippen molar-refractivity contribution >= 4 is 39.5 Å². The van der Waals surface area contributed by atoms with Crippen LogP contribution in [0.25, 0.3) is 21.9 Å². The van der Waals surface area contributed by atoms with Gasteiger partial charge in [0, 0.05) is 47.8 Å². The molecular weight excluding hydrogens is 429 g/mol. The first-order valence-corrected chi connectivity index (χ1v) is 10.7. The first-order chi connectivity index (χ1) is 16.0. The van der Waals surface area contributed by atoms with Crippen LogP contribution in [0.4, 0.5) is 10.1 Å².